The first-order valence-electron chi connectivity index (χ1n) is 9.13. The lowest BCUT2D eigenvalue weighted by Crippen LogP contribution is -2.55. The zero-order chi connectivity index (χ0) is 19.6. The van der Waals surface area contributed by atoms with Gasteiger partial charge in [0.25, 0.3) is 0 Å². The number of piperazine rings is 1. The van der Waals surface area contributed by atoms with Crippen molar-refractivity contribution in [3.8, 4) is 5.75 Å². The Bertz CT molecular complexity index is 893. The average Bonchev–Trinajstić information content (AvgIpc) is 2.64. The molecule has 2 aromatic rings. The Morgan fingerprint density at radius 3 is 2.67 bits per heavy atom. The molecule has 0 spiro atoms. The molecule has 0 radical (unpaired) electrons. The molecule has 2 heterocycles. The standard InChI is InChI=1S/C20H26N4O3/c1-14-11-15(2)24(20(26)21-14)13-19(25)23-10-9-22(12-16(23)3)17-7-5-6-8-18(17)27-4/h5-8,11,16H,9-10,12-13H2,1-4H3. The van der Waals surface area contributed by atoms with Crippen LogP contribution in [0, 0.1) is 13.8 Å². The van der Waals surface area contributed by atoms with Gasteiger partial charge in [0, 0.05) is 37.1 Å². The second-order valence-electron chi connectivity index (χ2n) is 6.96. The Labute approximate surface area is 159 Å². The van der Waals surface area contributed by atoms with E-state index in [0.717, 1.165) is 23.7 Å². The Morgan fingerprint density at radius 2 is 2.00 bits per heavy atom. The molecule has 0 saturated carbocycles. The van der Waals surface area contributed by atoms with Crippen LogP contribution in [0.2, 0.25) is 0 Å². The normalized spacial score (nSPS) is 17.1. The van der Waals surface area contributed by atoms with Crippen LogP contribution in [0.15, 0.2) is 35.1 Å². The molecule has 1 aliphatic rings. The van der Waals surface area contributed by atoms with Crippen LogP contribution < -0.4 is 15.3 Å². The quantitative estimate of drug-likeness (QED) is 0.818. The Hall–Kier alpha value is -2.83. The van der Waals surface area contributed by atoms with Gasteiger partial charge in [-0.25, -0.2) is 4.79 Å². The monoisotopic (exact) mass is 370 g/mol. The van der Waals surface area contributed by atoms with Crippen LogP contribution in [-0.4, -0.2) is 53.1 Å². The number of hydrogen-bond acceptors (Lipinski definition) is 5. The van der Waals surface area contributed by atoms with E-state index in [4.69, 9.17) is 4.74 Å². The third-order valence-electron chi connectivity index (χ3n) is 5.01. The molecule has 1 aromatic heterocycles. The maximum Gasteiger partial charge on any atom is 0.348 e. The van der Waals surface area contributed by atoms with E-state index in [1.54, 1.807) is 14.0 Å². The topological polar surface area (TPSA) is 67.7 Å². The van der Waals surface area contributed by atoms with Gasteiger partial charge in [0.2, 0.25) is 5.91 Å². The van der Waals surface area contributed by atoms with Crippen molar-refractivity contribution in [2.24, 2.45) is 0 Å². The van der Waals surface area contributed by atoms with Gasteiger partial charge in [-0.1, -0.05) is 12.1 Å². The summed E-state index contributed by atoms with van der Waals surface area (Å²) in [5, 5.41) is 0. The minimum Gasteiger partial charge on any atom is -0.495 e. The molecule has 3 rings (SSSR count). The molecule has 0 bridgehead atoms. The molecule has 1 aromatic carbocycles. The number of anilines is 1. The van der Waals surface area contributed by atoms with Crippen LogP contribution in [0.4, 0.5) is 5.69 Å². The number of nitrogens with zero attached hydrogens (tertiary/aromatic N) is 4. The van der Waals surface area contributed by atoms with Crippen molar-refractivity contribution < 1.29 is 9.53 Å². The highest BCUT2D eigenvalue weighted by Crippen LogP contribution is 2.29. The van der Waals surface area contributed by atoms with Crippen LogP contribution in [0.1, 0.15) is 18.3 Å². The summed E-state index contributed by atoms with van der Waals surface area (Å²) in [6.07, 6.45) is 0. The van der Waals surface area contributed by atoms with Gasteiger partial charge in [0.15, 0.2) is 0 Å². The van der Waals surface area contributed by atoms with E-state index in [-0.39, 0.29) is 24.2 Å². The number of aromatic nitrogens is 2. The third-order valence-corrected chi connectivity index (χ3v) is 5.01. The number of benzene rings is 1. The zero-order valence-electron chi connectivity index (χ0n) is 16.3. The van der Waals surface area contributed by atoms with Gasteiger partial charge in [-0.3, -0.25) is 9.36 Å². The zero-order valence-corrected chi connectivity index (χ0v) is 16.3. The number of para-hydroxylation sites is 2. The van der Waals surface area contributed by atoms with Gasteiger partial charge in [-0.2, -0.15) is 4.98 Å². The van der Waals surface area contributed by atoms with Gasteiger partial charge in [-0.15, -0.1) is 0 Å². The first-order valence-corrected chi connectivity index (χ1v) is 9.13. The number of carbonyl (C=O) groups is 1. The molecule has 144 valence electrons. The summed E-state index contributed by atoms with van der Waals surface area (Å²) in [5.74, 6) is 0.774. The minimum atomic E-state index is -0.374. The van der Waals surface area contributed by atoms with Gasteiger partial charge < -0.3 is 14.5 Å². The fourth-order valence-electron chi connectivity index (χ4n) is 3.63. The van der Waals surface area contributed by atoms with E-state index < -0.39 is 0 Å². The largest absolute Gasteiger partial charge is 0.495 e. The first-order chi connectivity index (χ1) is 12.9. The molecular weight excluding hydrogens is 344 g/mol. The summed E-state index contributed by atoms with van der Waals surface area (Å²) in [6.45, 7) is 7.69. The maximum atomic E-state index is 12.8. The van der Waals surface area contributed by atoms with Crippen molar-refractivity contribution >= 4 is 11.6 Å². The van der Waals surface area contributed by atoms with E-state index >= 15 is 0 Å². The molecule has 1 amide bonds. The Morgan fingerprint density at radius 1 is 1.26 bits per heavy atom. The average molecular weight is 370 g/mol. The molecule has 1 fully saturated rings. The summed E-state index contributed by atoms with van der Waals surface area (Å²) in [7, 11) is 1.66. The number of amides is 1. The van der Waals surface area contributed by atoms with E-state index in [9.17, 15) is 9.59 Å². The summed E-state index contributed by atoms with van der Waals surface area (Å²) in [4.78, 5) is 33.0. The van der Waals surface area contributed by atoms with Crippen molar-refractivity contribution in [1.82, 2.24) is 14.5 Å². The minimum absolute atomic E-state index is 0.0247. The molecule has 7 heteroatoms. The predicted octanol–water partition coefficient (Wildman–Crippen LogP) is 1.61. The molecule has 1 saturated heterocycles. The van der Waals surface area contributed by atoms with Crippen molar-refractivity contribution in [2.45, 2.75) is 33.4 Å². The molecule has 0 aliphatic carbocycles. The number of hydrogen-bond donors (Lipinski definition) is 0. The lowest BCUT2D eigenvalue weighted by molar-refractivity contribution is -0.134. The fraction of sp³-hybridized carbons (Fsp3) is 0.450. The van der Waals surface area contributed by atoms with Crippen LogP contribution in [0.25, 0.3) is 0 Å². The highest BCUT2D eigenvalue weighted by molar-refractivity contribution is 5.77. The highest BCUT2D eigenvalue weighted by Gasteiger charge is 2.29. The van der Waals surface area contributed by atoms with Crippen molar-refractivity contribution in [3.05, 3.63) is 52.2 Å². The molecule has 27 heavy (non-hydrogen) atoms. The second-order valence-corrected chi connectivity index (χ2v) is 6.96. The molecular formula is C20H26N4O3. The molecule has 7 nitrogen and oxygen atoms in total. The van der Waals surface area contributed by atoms with Crippen LogP contribution in [-0.2, 0) is 11.3 Å². The Balaban J connectivity index is 1.71. The number of aryl methyl sites for hydroxylation is 2. The predicted molar refractivity (Wildman–Crippen MR) is 104 cm³/mol. The van der Waals surface area contributed by atoms with Crippen LogP contribution in [0.3, 0.4) is 0 Å². The lowest BCUT2D eigenvalue weighted by atomic mass is 10.1. The number of ether oxygens (including phenoxy) is 1. The van der Waals surface area contributed by atoms with E-state index in [2.05, 4.69) is 9.88 Å². The second kappa shape index (κ2) is 7.82. The first kappa shape index (κ1) is 18.9. The third kappa shape index (κ3) is 3.97. The number of methoxy groups -OCH3 is 1. The number of rotatable bonds is 4. The van der Waals surface area contributed by atoms with Gasteiger partial charge in [0.05, 0.1) is 12.8 Å². The summed E-state index contributed by atoms with van der Waals surface area (Å²) < 4.78 is 6.89. The number of carbonyl (C=O) groups excluding carboxylic acids is 1. The van der Waals surface area contributed by atoms with E-state index in [0.29, 0.717) is 18.8 Å². The highest BCUT2D eigenvalue weighted by atomic mass is 16.5. The Kier molecular flexibility index (Phi) is 5.48. The van der Waals surface area contributed by atoms with Gasteiger partial charge in [0.1, 0.15) is 12.3 Å². The van der Waals surface area contributed by atoms with E-state index in [1.165, 1.54) is 4.57 Å². The molecule has 0 N–H and O–H groups in total. The summed E-state index contributed by atoms with van der Waals surface area (Å²) in [6, 6.07) is 9.75. The van der Waals surface area contributed by atoms with Crippen molar-refractivity contribution in [2.75, 3.05) is 31.6 Å². The van der Waals surface area contributed by atoms with E-state index in [1.807, 2.05) is 49.1 Å². The lowest BCUT2D eigenvalue weighted by Gasteiger charge is -2.41. The maximum absolute atomic E-state index is 12.8. The summed E-state index contributed by atoms with van der Waals surface area (Å²) in [5.41, 5.74) is 2.08. The van der Waals surface area contributed by atoms with Crippen molar-refractivity contribution in [3.63, 3.8) is 0 Å². The van der Waals surface area contributed by atoms with Gasteiger partial charge >= 0.3 is 5.69 Å². The van der Waals surface area contributed by atoms with Crippen LogP contribution >= 0.6 is 0 Å². The van der Waals surface area contributed by atoms with Crippen LogP contribution in [0.5, 0.6) is 5.75 Å². The molecule has 1 unspecified atom stereocenters. The van der Waals surface area contributed by atoms with Gasteiger partial charge in [-0.05, 0) is 39.0 Å². The molecule has 1 atom stereocenters. The SMILES string of the molecule is COc1ccccc1N1CCN(C(=O)Cn2c(C)cc(C)nc2=O)C(C)C1. The summed E-state index contributed by atoms with van der Waals surface area (Å²) >= 11 is 0. The molecule has 1 aliphatic heterocycles. The fourth-order valence-corrected chi connectivity index (χ4v) is 3.63. The van der Waals surface area contributed by atoms with Crippen molar-refractivity contribution in [1.29, 1.82) is 0 Å². The smallest absolute Gasteiger partial charge is 0.348 e.